The van der Waals surface area contributed by atoms with Crippen LogP contribution in [-0.4, -0.2) is 5.84 Å². The molecule has 0 amide bonds. The van der Waals surface area contributed by atoms with Crippen LogP contribution in [0.2, 0.25) is 10.0 Å². The fourth-order valence-electron chi connectivity index (χ4n) is 1.48. The van der Waals surface area contributed by atoms with E-state index in [2.05, 4.69) is 10.3 Å². The molecule has 4 heteroatoms. The first-order valence-corrected chi connectivity index (χ1v) is 6.22. The Labute approximate surface area is 116 Å². The Morgan fingerprint density at radius 3 is 1.94 bits per heavy atom. The summed E-state index contributed by atoms with van der Waals surface area (Å²) in [6.45, 7) is 1.91. The maximum Gasteiger partial charge on any atom is 0.103 e. The molecule has 0 fully saturated rings. The van der Waals surface area contributed by atoms with Crippen LogP contribution < -0.4 is 5.32 Å². The summed E-state index contributed by atoms with van der Waals surface area (Å²) in [6, 6.07) is 14.8. The van der Waals surface area contributed by atoms with E-state index in [1.165, 1.54) is 0 Å². The third kappa shape index (κ3) is 3.76. The lowest BCUT2D eigenvalue weighted by Gasteiger charge is -2.05. The van der Waals surface area contributed by atoms with Gasteiger partial charge in [-0.15, -0.1) is 0 Å². The van der Waals surface area contributed by atoms with E-state index >= 15 is 0 Å². The molecule has 2 aromatic rings. The van der Waals surface area contributed by atoms with Crippen molar-refractivity contribution in [1.82, 2.24) is 0 Å². The minimum absolute atomic E-state index is 0.706. The molecular formula is C14H12Cl2N2. The fraction of sp³-hybridized carbons (Fsp3) is 0.0714. The third-order valence-corrected chi connectivity index (χ3v) is 2.80. The normalized spacial score (nSPS) is 11.4. The molecular weight excluding hydrogens is 267 g/mol. The zero-order valence-corrected chi connectivity index (χ0v) is 11.3. The van der Waals surface area contributed by atoms with Gasteiger partial charge in [0.05, 0.1) is 5.69 Å². The van der Waals surface area contributed by atoms with Crippen molar-refractivity contribution in [2.24, 2.45) is 4.99 Å². The summed E-state index contributed by atoms with van der Waals surface area (Å²) in [7, 11) is 0. The zero-order valence-electron chi connectivity index (χ0n) is 9.82. The van der Waals surface area contributed by atoms with Gasteiger partial charge in [0.2, 0.25) is 0 Å². The Morgan fingerprint density at radius 1 is 0.889 bits per heavy atom. The highest BCUT2D eigenvalue weighted by Gasteiger charge is 1.96. The third-order valence-electron chi connectivity index (χ3n) is 2.29. The topological polar surface area (TPSA) is 24.4 Å². The van der Waals surface area contributed by atoms with E-state index in [1.54, 1.807) is 0 Å². The Hall–Kier alpha value is -1.51. The molecule has 0 saturated heterocycles. The number of hydrogen-bond acceptors (Lipinski definition) is 1. The zero-order chi connectivity index (χ0) is 13.0. The van der Waals surface area contributed by atoms with Crippen LogP contribution in [0.1, 0.15) is 6.92 Å². The van der Waals surface area contributed by atoms with Gasteiger partial charge in [0.15, 0.2) is 0 Å². The average Bonchev–Trinajstić information content (AvgIpc) is 2.35. The smallest absolute Gasteiger partial charge is 0.103 e. The molecule has 0 aliphatic rings. The van der Waals surface area contributed by atoms with Crippen molar-refractivity contribution >= 4 is 40.4 Å². The first-order chi connectivity index (χ1) is 8.63. The summed E-state index contributed by atoms with van der Waals surface area (Å²) >= 11 is 11.6. The molecule has 0 aliphatic heterocycles. The molecule has 2 aromatic carbocycles. The van der Waals surface area contributed by atoms with Crippen LogP contribution in [0.4, 0.5) is 11.4 Å². The summed E-state index contributed by atoms with van der Waals surface area (Å²) < 4.78 is 0. The number of anilines is 1. The lowest BCUT2D eigenvalue weighted by Crippen LogP contribution is -2.06. The van der Waals surface area contributed by atoms with E-state index in [1.807, 2.05) is 55.5 Å². The van der Waals surface area contributed by atoms with Crippen LogP contribution in [0.15, 0.2) is 53.5 Å². The van der Waals surface area contributed by atoms with E-state index in [4.69, 9.17) is 23.2 Å². The van der Waals surface area contributed by atoms with E-state index < -0.39 is 0 Å². The summed E-state index contributed by atoms with van der Waals surface area (Å²) in [5, 5.41) is 4.61. The number of benzene rings is 2. The predicted octanol–water partition coefficient (Wildman–Crippen LogP) is 5.16. The highest BCUT2D eigenvalue weighted by Crippen LogP contribution is 2.17. The van der Waals surface area contributed by atoms with Crippen LogP contribution in [0.25, 0.3) is 0 Å². The summed E-state index contributed by atoms with van der Waals surface area (Å²) in [4.78, 5) is 4.43. The van der Waals surface area contributed by atoms with Gasteiger partial charge in [-0.25, -0.2) is 4.99 Å². The van der Waals surface area contributed by atoms with Crippen molar-refractivity contribution in [3.8, 4) is 0 Å². The predicted molar refractivity (Wildman–Crippen MR) is 79.3 cm³/mol. The molecule has 18 heavy (non-hydrogen) atoms. The van der Waals surface area contributed by atoms with Crippen molar-refractivity contribution in [3.05, 3.63) is 58.6 Å². The molecule has 0 bridgehead atoms. The van der Waals surface area contributed by atoms with E-state index in [9.17, 15) is 0 Å². The van der Waals surface area contributed by atoms with Gasteiger partial charge in [-0.1, -0.05) is 23.2 Å². The standard InChI is InChI=1S/C14H12Cl2N2/c1-10(17-13-6-2-11(15)3-7-13)18-14-8-4-12(16)5-9-14/h2-9H,1H3,(H,17,18). The molecule has 2 rings (SSSR count). The molecule has 0 aliphatic carbocycles. The van der Waals surface area contributed by atoms with Crippen LogP contribution in [0.5, 0.6) is 0 Å². The van der Waals surface area contributed by atoms with Crippen LogP contribution in [-0.2, 0) is 0 Å². The molecule has 0 heterocycles. The molecule has 92 valence electrons. The minimum Gasteiger partial charge on any atom is -0.344 e. The molecule has 2 nitrogen and oxygen atoms in total. The Morgan fingerprint density at radius 2 is 1.39 bits per heavy atom. The van der Waals surface area contributed by atoms with Crippen LogP contribution >= 0.6 is 23.2 Å². The molecule has 0 saturated carbocycles. The fourth-order valence-corrected chi connectivity index (χ4v) is 1.73. The molecule has 0 radical (unpaired) electrons. The second-order valence-electron chi connectivity index (χ2n) is 3.81. The minimum atomic E-state index is 0.706. The molecule has 0 aromatic heterocycles. The van der Waals surface area contributed by atoms with Crippen molar-refractivity contribution in [3.63, 3.8) is 0 Å². The number of aliphatic imine (C=N–C) groups is 1. The monoisotopic (exact) mass is 278 g/mol. The highest BCUT2D eigenvalue weighted by molar-refractivity contribution is 6.30. The van der Waals surface area contributed by atoms with Gasteiger partial charge in [0.1, 0.15) is 5.84 Å². The van der Waals surface area contributed by atoms with Crippen LogP contribution in [0, 0.1) is 0 Å². The van der Waals surface area contributed by atoms with Gasteiger partial charge in [-0.05, 0) is 55.5 Å². The van der Waals surface area contributed by atoms with Crippen molar-refractivity contribution in [1.29, 1.82) is 0 Å². The van der Waals surface area contributed by atoms with Crippen molar-refractivity contribution in [2.75, 3.05) is 5.32 Å². The number of rotatable bonds is 2. The quantitative estimate of drug-likeness (QED) is 0.596. The maximum absolute atomic E-state index is 5.82. The number of nitrogens with zero attached hydrogens (tertiary/aromatic N) is 1. The lowest BCUT2D eigenvalue weighted by atomic mass is 10.3. The van der Waals surface area contributed by atoms with Gasteiger partial charge in [0, 0.05) is 15.7 Å². The van der Waals surface area contributed by atoms with Crippen molar-refractivity contribution < 1.29 is 0 Å². The Balaban J connectivity index is 2.09. The second kappa shape index (κ2) is 5.89. The highest BCUT2D eigenvalue weighted by atomic mass is 35.5. The number of amidine groups is 1. The molecule has 0 unspecified atom stereocenters. The SMILES string of the molecule is CC(=Nc1ccc(Cl)cc1)Nc1ccc(Cl)cc1. The van der Waals surface area contributed by atoms with Gasteiger partial charge in [-0.2, -0.15) is 0 Å². The van der Waals surface area contributed by atoms with Crippen LogP contribution in [0.3, 0.4) is 0 Å². The second-order valence-corrected chi connectivity index (χ2v) is 4.68. The van der Waals surface area contributed by atoms with Gasteiger partial charge < -0.3 is 5.32 Å². The van der Waals surface area contributed by atoms with E-state index in [0.717, 1.165) is 17.2 Å². The molecule has 0 atom stereocenters. The number of hydrogen-bond donors (Lipinski definition) is 1. The van der Waals surface area contributed by atoms with E-state index in [0.29, 0.717) is 10.0 Å². The Bertz CT molecular complexity index is 545. The first-order valence-electron chi connectivity index (χ1n) is 5.47. The van der Waals surface area contributed by atoms with E-state index in [-0.39, 0.29) is 0 Å². The summed E-state index contributed by atoms with van der Waals surface area (Å²) in [6.07, 6.45) is 0. The Kier molecular flexibility index (Phi) is 4.24. The number of halogens is 2. The lowest BCUT2D eigenvalue weighted by molar-refractivity contribution is 1.46. The molecule has 1 N–H and O–H groups in total. The summed E-state index contributed by atoms with van der Waals surface area (Å²) in [5.74, 6) is 0.805. The van der Waals surface area contributed by atoms with Gasteiger partial charge >= 0.3 is 0 Å². The van der Waals surface area contributed by atoms with Gasteiger partial charge in [-0.3, -0.25) is 0 Å². The number of nitrogens with one attached hydrogen (secondary N) is 1. The maximum atomic E-state index is 5.82. The average molecular weight is 279 g/mol. The largest absolute Gasteiger partial charge is 0.344 e. The first kappa shape index (κ1) is 12.9. The molecule has 0 spiro atoms. The summed E-state index contributed by atoms with van der Waals surface area (Å²) in [5.41, 5.74) is 1.81. The van der Waals surface area contributed by atoms with Crippen molar-refractivity contribution in [2.45, 2.75) is 6.92 Å². The van der Waals surface area contributed by atoms with Gasteiger partial charge in [0.25, 0.3) is 0 Å².